The molecule has 0 spiro atoms. The smallest absolute Gasteiger partial charge is 0.327 e. The summed E-state index contributed by atoms with van der Waals surface area (Å²) in [6, 6.07) is 6.39. The SMILES string of the molecule is CC1(C(=O)N2c3ccccc3CC2C(=O)O)CCCC1N. The first kappa shape index (κ1) is 14.1. The lowest BCUT2D eigenvalue weighted by Gasteiger charge is -2.34. The number of hydrogen-bond donors (Lipinski definition) is 2. The quantitative estimate of drug-likeness (QED) is 0.864. The molecule has 1 aliphatic heterocycles. The van der Waals surface area contributed by atoms with E-state index in [1.165, 1.54) is 4.90 Å². The zero-order valence-corrected chi connectivity index (χ0v) is 12.1. The second kappa shape index (κ2) is 4.84. The fraction of sp³-hybridized carbons (Fsp3) is 0.500. The van der Waals surface area contributed by atoms with Crippen LogP contribution in [0.5, 0.6) is 0 Å². The van der Waals surface area contributed by atoms with Crippen LogP contribution in [0.15, 0.2) is 24.3 Å². The van der Waals surface area contributed by atoms with Crippen LogP contribution in [-0.2, 0) is 16.0 Å². The number of anilines is 1. The highest BCUT2D eigenvalue weighted by atomic mass is 16.4. The van der Waals surface area contributed by atoms with Gasteiger partial charge in [-0.3, -0.25) is 9.69 Å². The molecule has 1 amide bonds. The normalized spacial score (nSPS) is 31.2. The Hall–Kier alpha value is -1.88. The van der Waals surface area contributed by atoms with E-state index in [1.807, 2.05) is 31.2 Å². The number of nitrogens with two attached hydrogens (primary N) is 1. The lowest BCUT2D eigenvalue weighted by molar-refractivity contribution is -0.141. The van der Waals surface area contributed by atoms with E-state index < -0.39 is 17.4 Å². The molecule has 1 saturated carbocycles. The maximum atomic E-state index is 13.0. The van der Waals surface area contributed by atoms with Gasteiger partial charge in [-0.2, -0.15) is 0 Å². The number of amides is 1. The first-order valence-electron chi connectivity index (χ1n) is 7.35. The first-order chi connectivity index (χ1) is 9.95. The molecule has 21 heavy (non-hydrogen) atoms. The Balaban J connectivity index is 2.02. The standard InChI is InChI=1S/C16H20N2O3/c1-16(8-4-7-13(16)17)15(21)18-11-6-3-2-5-10(11)9-12(18)14(19)20/h2-3,5-6,12-13H,4,7-9,17H2,1H3,(H,19,20). The van der Waals surface area contributed by atoms with Crippen molar-refractivity contribution in [2.75, 3.05) is 4.90 Å². The molecule has 1 fully saturated rings. The van der Waals surface area contributed by atoms with Crippen molar-refractivity contribution in [1.82, 2.24) is 0 Å². The third kappa shape index (κ3) is 2.03. The molecular formula is C16H20N2O3. The number of fused-ring (bicyclic) bond motifs is 1. The molecule has 3 rings (SSSR count). The summed E-state index contributed by atoms with van der Waals surface area (Å²) in [5, 5.41) is 9.47. The van der Waals surface area contributed by atoms with Gasteiger partial charge in [0, 0.05) is 18.2 Å². The van der Waals surface area contributed by atoms with E-state index in [2.05, 4.69) is 0 Å². The fourth-order valence-electron chi connectivity index (χ4n) is 3.57. The Kier molecular flexibility index (Phi) is 3.24. The van der Waals surface area contributed by atoms with E-state index in [-0.39, 0.29) is 11.9 Å². The number of nitrogens with zero attached hydrogens (tertiary/aromatic N) is 1. The zero-order valence-electron chi connectivity index (χ0n) is 12.1. The number of hydrogen-bond acceptors (Lipinski definition) is 3. The summed E-state index contributed by atoms with van der Waals surface area (Å²) in [7, 11) is 0. The number of carboxylic acid groups (broad SMARTS) is 1. The average molecular weight is 288 g/mol. The summed E-state index contributed by atoms with van der Waals surface area (Å²) >= 11 is 0. The topological polar surface area (TPSA) is 83.6 Å². The van der Waals surface area contributed by atoms with Gasteiger partial charge in [0.2, 0.25) is 5.91 Å². The van der Waals surface area contributed by atoms with Crippen molar-refractivity contribution >= 4 is 17.6 Å². The van der Waals surface area contributed by atoms with E-state index in [9.17, 15) is 14.7 Å². The zero-order chi connectivity index (χ0) is 15.2. The number of carbonyl (C=O) groups excluding carboxylic acids is 1. The van der Waals surface area contributed by atoms with Gasteiger partial charge in [-0.15, -0.1) is 0 Å². The van der Waals surface area contributed by atoms with Crippen LogP contribution in [-0.4, -0.2) is 29.1 Å². The van der Waals surface area contributed by atoms with Crippen molar-refractivity contribution in [3.05, 3.63) is 29.8 Å². The summed E-state index contributed by atoms with van der Waals surface area (Å²) in [5.74, 6) is -1.11. The van der Waals surface area contributed by atoms with Crippen LogP contribution in [0.1, 0.15) is 31.7 Å². The van der Waals surface area contributed by atoms with E-state index in [0.29, 0.717) is 6.42 Å². The van der Waals surface area contributed by atoms with Gasteiger partial charge in [0.25, 0.3) is 0 Å². The molecule has 3 N–H and O–H groups in total. The van der Waals surface area contributed by atoms with E-state index in [1.54, 1.807) is 0 Å². The number of carbonyl (C=O) groups is 2. The van der Waals surface area contributed by atoms with E-state index in [4.69, 9.17) is 5.73 Å². The maximum absolute atomic E-state index is 13.0. The molecule has 0 saturated heterocycles. The van der Waals surface area contributed by atoms with Gasteiger partial charge in [0.15, 0.2) is 0 Å². The third-order valence-corrected chi connectivity index (χ3v) is 5.00. The van der Waals surface area contributed by atoms with Crippen LogP contribution >= 0.6 is 0 Å². The molecule has 3 unspecified atom stereocenters. The minimum absolute atomic E-state index is 0.148. The Morgan fingerprint density at radius 2 is 2.10 bits per heavy atom. The van der Waals surface area contributed by atoms with Crippen molar-refractivity contribution in [1.29, 1.82) is 0 Å². The minimum atomic E-state index is -0.963. The van der Waals surface area contributed by atoms with Crippen molar-refractivity contribution in [2.24, 2.45) is 11.1 Å². The van der Waals surface area contributed by atoms with Crippen molar-refractivity contribution in [3.8, 4) is 0 Å². The van der Waals surface area contributed by atoms with Crippen molar-refractivity contribution in [3.63, 3.8) is 0 Å². The largest absolute Gasteiger partial charge is 0.480 e. The summed E-state index contributed by atoms with van der Waals surface area (Å²) in [5.41, 5.74) is 7.10. The molecule has 1 aliphatic carbocycles. The van der Waals surface area contributed by atoms with Gasteiger partial charge in [0.1, 0.15) is 6.04 Å². The molecule has 1 aromatic carbocycles. The third-order valence-electron chi connectivity index (χ3n) is 5.00. The summed E-state index contributed by atoms with van der Waals surface area (Å²) in [4.78, 5) is 26.1. The Morgan fingerprint density at radius 1 is 1.38 bits per heavy atom. The molecule has 0 bridgehead atoms. The van der Waals surface area contributed by atoms with Gasteiger partial charge >= 0.3 is 5.97 Å². The average Bonchev–Trinajstić information content (AvgIpc) is 3.00. The fourth-order valence-corrected chi connectivity index (χ4v) is 3.57. The molecule has 0 radical (unpaired) electrons. The van der Waals surface area contributed by atoms with Gasteiger partial charge in [0.05, 0.1) is 5.41 Å². The second-order valence-corrected chi connectivity index (χ2v) is 6.28. The highest BCUT2D eigenvalue weighted by Crippen LogP contribution is 2.42. The molecule has 0 aromatic heterocycles. The van der Waals surface area contributed by atoms with Crippen molar-refractivity contribution in [2.45, 2.75) is 44.7 Å². The molecule has 1 heterocycles. The van der Waals surface area contributed by atoms with Gasteiger partial charge in [-0.05, 0) is 31.4 Å². The summed E-state index contributed by atoms with van der Waals surface area (Å²) in [6.07, 6.45) is 2.81. The van der Waals surface area contributed by atoms with Crippen LogP contribution < -0.4 is 10.6 Å². The molecule has 112 valence electrons. The molecule has 5 heteroatoms. The number of benzene rings is 1. The van der Waals surface area contributed by atoms with Crippen LogP contribution in [0.25, 0.3) is 0 Å². The highest BCUT2D eigenvalue weighted by molar-refractivity contribution is 6.05. The highest BCUT2D eigenvalue weighted by Gasteiger charge is 2.49. The van der Waals surface area contributed by atoms with Gasteiger partial charge in [-0.25, -0.2) is 4.79 Å². The molecule has 2 aliphatic rings. The summed E-state index contributed by atoms with van der Waals surface area (Å²) in [6.45, 7) is 1.87. The monoisotopic (exact) mass is 288 g/mol. The van der Waals surface area contributed by atoms with Gasteiger partial charge < -0.3 is 10.8 Å². The number of carboxylic acids is 1. The summed E-state index contributed by atoms with van der Waals surface area (Å²) < 4.78 is 0. The lowest BCUT2D eigenvalue weighted by Crippen LogP contribution is -2.53. The minimum Gasteiger partial charge on any atom is -0.480 e. The second-order valence-electron chi connectivity index (χ2n) is 6.28. The predicted molar refractivity (Wildman–Crippen MR) is 79.0 cm³/mol. The molecule has 5 nitrogen and oxygen atoms in total. The first-order valence-corrected chi connectivity index (χ1v) is 7.35. The van der Waals surface area contributed by atoms with E-state index in [0.717, 1.165) is 30.5 Å². The number of para-hydroxylation sites is 1. The maximum Gasteiger partial charge on any atom is 0.327 e. The van der Waals surface area contributed by atoms with Crippen LogP contribution in [0.4, 0.5) is 5.69 Å². The predicted octanol–water partition coefficient (Wildman–Crippen LogP) is 1.55. The van der Waals surface area contributed by atoms with Gasteiger partial charge in [-0.1, -0.05) is 24.6 Å². The number of rotatable bonds is 2. The number of aliphatic carboxylic acids is 1. The Labute approximate surface area is 123 Å². The van der Waals surface area contributed by atoms with E-state index >= 15 is 0 Å². The Morgan fingerprint density at radius 3 is 2.71 bits per heavy atom. The molecule has 1 aromatic rings. The van der Waals surface area contributed by atoms with Crippen LogP contribution in [0.3, 0.4) is 0 Å². The van der Waals surface area contributed by atoms with Crippen LogP contribution in [0, 0.1) is 5.41 Å². The Bertz CT molecular complexity index is 601. The van der Waals surface area contributed by atoms with Crippen molar-refractivity contribution < 1.29 is 14.7 Å². The molecular weight excluding hydrogens is 268 g/mol. The lowest BCUT2D eigenvalue weighted by atomic mass is 9.83. The molecule has 3 atom stereocenters. The van der Waals surface area contributed by atoms with Crippen LogP contribution in [0.2, 0.25) is 0 Å².